The lowest BCUT2D eigenvalue weighted by Gasteiger charge is -2.25. The first-order chi connectivity index (χ1) is 18.4. The molecule has 3 aromatic carbocycles. The smallest absolute Gasteiger partial charge is 0.335 e. The van der Waals surface area contributed by atoms with Gasteiger partial charge in [0, 0.05) is 17.9 Å². The molecule has 7 nitrogen and oxygen atoms in total. The van der Waals surface area contributed by atoms with Gasteiger partial charge in [-0.2, -0.15) is 0 Å². The van der Waals surface area contributed by atoms with Crippen molar-refractivity contribution in [3.8, 4) is 5.75 Å². The van der Waals surface area contributed by atoms with Gasteiger partial charge in [-0.25, -0.2) is 4.79 Å². The lowest BCUT2D eigenvalue weighted by molar-refractivity contribution is -0.131. The van der Waals surface area contributed by atoms with Crippen LogP contribution in [0, 0.1) is 6.92 Å². The van der Waals surface area contributed by atoms with Gasteiger partial charge in [0.05, 0.1) is 18.0 Å². The van der Waals surface area contributed by atoms with Crippen LogP contribution < -0.4 is 15.4 Å². The molecule has 1 saturated heterocycles. The number of anilines is 2. The van der Waals surface area contributed by atoms with Crippen LogP contribution in [-0.4, -0.2) is 41.1 Å². The Morgan fingerprint density at radius 1 is 1.03 bits per heavy atom. The lowest BCUT2D eigenvalue weighted by Crippen LogP contribution is -2.39. The van der Waals surface area contributed by atoms with E-state index < -0.39 is 5.97 Å². The predicted octanol–water partition coefficient (Wildman–Crippen LogP) is 6.08. The van der Waals surface area contributed by atoms with Crippen molar-refractivity contribution in [3.63, 3.8) is 0 Å². The Bertz CT molecular complexity index is 1270. The molecule has 38 heavy (non-hydrogen) atoms. The summed E-state index contributed by atoms with van der Waals surface area (Å²) < 4.78 is 5.87. The Kier molecular flexibility index (Phi) is 9.03. The predicted molar refractivity (Wildman–Crippen MR) is 151 cm³/mol. The summed E-state index contributed by atoms with van der Waals surface area (Å²) in [7, 11) is 0. The number of amides is 1. The van der Waals surface area contributed by atoms with Crippen LogP contribution >= 0.6 is 0 Å². The number of nitrogens with zero attached hydrogens (tertiary/aromatic N) is 1. The molecule has 0 spiro atoms. The van der Waals surface area contributed by atoms with Gasteiger partial charge >= 0.3 is 5.97 Å². The summed E-state index contributed by atoms with van der Waals surface area (Å²) in [6.45, 7) is 5.29. The van der Waals surface area contributed by atoms with Gasteiger partial charge in [0.1, 0.15) is 18.2 Å². The molecular weight excluding hydrogens is 478 g/mol. The average Bonchev–Trinajstić information content (AvgIpc) is 3.39. The molecule has 0 radical (unpaired) electrons. The fraction of sp³-hybridized carbons (Fsp3) is 0.290. The number of rotatable bonds is 11. The van der Waals surface area contributed by atoms with Gasteiger partial charge in [0.15, 0.2) is 0 Å². The number of carboxylic acids is 1. The van der Waals surface area contributed by atoms with Gasteiger partial charge in [0.25, 0.3) is 0 Å². The molecule has 1 atom stereocenters. The molecular formula is C31H35N3O4. The first-order valence-electron chi connectivity index (χ1n) is 13.1. The van der Waals surface area contributed by atoms with Crippen LogP contribution in [-0.2, 0) is 11.2 Å². The number of likely N-dealkylation sites (tertiary alicyclic amines) is 1. The standard InChI is InChI=1S/C31H35N3O4/c1-3-7-29(33-28-10-5-4-8-22(28)2)32-25-15-11-23(12-16-25)20-30(35)34-19-6-9-26(34)21-38-27-17-13-24(14-18-27)31(36)37/h4-5,7-8,10-18,26,32-33H,3,6,9,19-21H2,1-2H3,(H,36,37)/b29-7-. The van der Waals surface area contributed by atoms with E-state index in [9.17, 15) is 9.59 Å². The molecule has 0 aliphatic carbocycles. The van der Waals surface area contributed by atoms with Gasteiger partial charge in [-0.1, -0.05) is 37.3 Å². The van der Waals surface area contributed by atoms with Crippen molar-refractivity contribution in [3.05, 3.63) is 101 Å². The molecule has 7 heteroatoms. The number of para-hydroxylation sites is 1. The van der Waals surface area contributed by atoms with Gasteiger partial charge in [0.2, 0.25) is 5.91 Å². The van der Waals surface area contributed by atoms with Crippen LogP contribution in [0.3, 0.4) is 0 Å². The van der Waals surface area contributed by atoms with Gasteiger partial charge in [-0.05, 0) is 85.9 Å². The Morgan fingerprint density at radius 2 is 1.76 bits per heavy atom. The van der Waals surface area contributed by atoms with E-state index in [0.717, 1.165) is 48.6 Å². The topological polar surface area (TPSA) is 90.9 Å². The van der Waals surface area contributed by atoms with Gasteiger partial charge in [-0.15, -0.1) is 0 Å². The highest BCUT2D eigenvalue weighted by Crippen LogP contribution is 2.22. The SMILES string of the molecule is CC/C=C(/Nc1ccc(CC(=O)N2CCCC2COc2ccc(C(=O)O)cc2)cc1)Nc1ccccc1C. The number of carboxylic acid groups (broad SMARTS) is 1. The maximum atomic E-state index is 13.1. The second-order valence-electron chi connectivity index (χ2n) is 9.49. The van der Waals surface area contributed by atoms with Crippen LogP contribution in [0.4, 0.5) is 11.4 Å². The third-order valence-corrected chi connectivity index (χ3v) is 6.65. The zero-order valence-electron chi connectivity index (χ0n) is 21.9. The number of ether oxygens (including phenoxy) is 1. The van der Waals surface area contributed by atoms with Gasteiger partial charge in [-0.3, -0.25) is 4.79 Å². The normalized spacial score (nSPS) is 15.3. The Balaban J connectivity index is 1.31. The minimum Gasteiger partial charge on any atom is -0.491 e. The third kappa shape index (κ3) is 7.16. The maximum Gasteiger partial charge on any atom is 0.335 e. The minimum absolute atomic E-state index is 0.0110. The van der Waals surface area contributed by atoms with E-state index in [1.165, 1.54) is 17.7 Å². The molecule has 3 N–H and O–H groups in total. The highest BCUT2D eigenvalue weighted by Gasteiger charge is 2.29. The molecule has 1 aliphatic rings. The number of hydrogen-bond donors (Lipinski definition) is 3. The molecule has 1 aliphatic heterocycles. The molecule has 1 heterocycles. The quantitative estimate of drug-likeness (QED) is 0.288. The summed E-state index contributed by atoms with van der Waals surface area (Å²) in [5.41, 5.74) is 4.36. The fourth-order valence-electron chi connectivity index (χ4n) is 4.56. The van der Waals surface area contributed by atoms with Crippen LogP contribution in [0.1, 0.15) is 47.7 Å². The van der Waals surface area contributed by atoms with E-state index in [4.69, 9.17) is 9.84 Å². The van der Waals surface area contributed by atoms with E-state index in [-0.39, 0.29) is 17.5 Å². The monoisotopic (exact) mass is 513 g/mol. The van der Waals surface area contributed by atoms with Crippen molar-refractivity contribution < 1.29 is 19.4 Å². The van der Waals surface area contributed by atoms with E-state index >= 15 is 0 Å². The van der Waals surface area contributed by atoms with Crippen LogP contribution in [0.5, 0.6) is 5.75 Å². The van der Waals surface area contributed by atoms with Gasteiger partial charge < -0.3 is 25.4 Å². The molecule has 4 rings (SSSR count). The number of carbonyl (C=O) groups excluding carboxylic acids is 1. The minimum atomic E-state index is -0.968. The van der Waals surface area contributed by atoms with E-state index in [2.05, 4.69) is 42.7 Å². The number of allylic oxidation sites excluding steroid dienone is 1. The third-order valence-electron chi connectivity index (χ3n) is 6.65. The van der Waals surface area contributed by atoms with Crippen molar-refractivity contribution in [2.45, 2.75) is 45.6 Å². The summed E-state index contributed by atoms with van der Waals surface area (Å²) in [5.74, 6) is 0.643. The molecule has 1 unspecified atom stereocenters. The van der Waals surface area contributed by atoms with Crippen molar-refractivity contribution in [2.75, 3.05) is 23.8 Å². The maximum absolute atomic E-state index is 13.1. The van der Waals surface area contributed by atoms with Crippen molar-refractivity contribution in [1.82, 2.24) is 4.90 Å². The first-order valence-corrected chi connectivity index (χ1v) is 13.1. The van der Waals surface area contributed by atoms with E-state index in [1.54, 1.807) is 12.1 Å². The number of carbonyl (C=O) groups is 2. The molecule has 198 valence electrons. The summed E-state index contributed by atoms with van der Waals surface area (Å²) >= 11 is 0. The molecule has 1 fully saturated rings. The zero-order valence-corrected chi connectivity index (χ0v) is 21.9. The number of aryl methyl sites for hydroxylation is 1. The fourth-order valence-corrected chi connectivity index (χ4v) is 4.56. The Labute approximate surface area is 224 Å². The van der Waals surface area contributed by atoms with Crippen molar-refractivity contribution in [2.24, 2.45) is 0 Å². The van der Waals surface area contributed by atoms with E-state index in [0.29, 0.717) is 18.8 Å². The Morgan fingerprint density at radius 3 is 2.45 bits per heavy atom. The average molecular weight is 514 g/mol. The number of benzene rings is 3. The highest BCUT2D eigenvalue weighted by molar-refractivity contribution is 5.87. The van der Waals surface area contributed by atoms with Crippen LogP contribution in [0.15, 0.2) is 84.7 Å². The van der Waals surface area contributed by atoms with Crippen molar-refractivity contribution >= 4 is 23.3 Å². The second-order valence-corrected chi connectivity index (χ2v) is 9.49. The van der Waals surface area contributed by atoms with Crippen LogP contribution in [0.2, 0.25) is 0 Å². The number of aromatic carboxylic acids is 1. The summed E-state index contributed by atoms with van der Waals surface area (Å²) in [6, 6.07) is 22.5. The Hall–Kier alpha value is -4.26. The van der Waals surface area contributed by atoms with Crippen molar-refractivity contribution in [1.29, 1.82) is 0 Å². The molecule has 3 aromatic rings. The molecule has 1 amide bonds. The largest absolute Gasteiger partial charge is 0.491 e. The summed E-state index contributed by atoms with van der Waals surface area (Å²) in [5, 5.41) is 16.0. The van der Waals surface area contributed by atoms with E-state index in [1.807, 2.05) is 41.3 Å². The van der Waals surface area contributed by atoms with Crippen LogP contribution in [0.25, 0.3) is 0 Å². The number of nitrogens with one attached hydrogen (secondary N) is 2. The molecule has 0 aromatic heterocycles. The summed E-state index contributed by atoms with van der Waals surface area (Å²) in [4.78, 5) is 26.0. The zero-order chi connectivity index (χ0) is 26.9. The lowest BCUT2D eigenvalue weighted by atomic mass is 10.1. The summed E-state index contributed by atoms with van der Waals surface area (Å²) in [6.07, 6.45) is 5.18. The number of hydrogen-bond acceptors (Lipinski definition) is 5. The second kappa shape index (κ2) is 12.8. The molecule has 0 saturated carbocycles. The first kappa shape index (κ1) is 26.8. The highest BCUT2D eigenvalue weighted by atomic mass is 16.5. The molecule has 0 bridgehead atoms.